The summed E-state index contributed by atoms with van der Waals surface area (Å²) in [6, 6.07) is 20.9. The number of ether oxygens (including phenoxy) is 2. The van der Waals surface area contributed by atoms with Crippen LogP contribution in [0, 0.1) is 0 Å². The molecule has 0 aliphatic rings. The molecule has 1 aromatic heterocycles. The number of benzene rings is 2. The molecule has 3 aromatic rings. The average Bonchev–Trinajstić information content (AvgIpc) is 3.36. The van der Waals surface area contributed by atoms with E-state index in [0.717, 1.165) is 10.4 Å². The Kier molecular flexibility index (Phi) is 9.47. The van der Waals surface area contributed by atoms with Gasteiger partial charge in [-0.05, 0) is 47.7 Å². The van der Waals surface area contributed by atoms with E-state index in [1.807, 2.05) is 52.7 Å². The highest BCUT2D eigenvalue weighted by Gasteiger charge is 2.23. The molecule has 2 aromatic carbocycles. The second-order valence-corrected chi connectivity index (χ2v) is 8.65. The third-order valence-electron chi connectivity index (χ3n) is 5.22. The van der Waals surface area contributed by atoms with Gasteiger partial charge in [-0.3, -0.25) is 9.59 Å². The molecule has 7 heteroatoms. The second kappa shape index (κ2) is 12.8. The molecule has 3 rings (SSSR count). The van der Waals surface area contributed by atoms with Gasteiger partial charge in [0, 0.05) is 37.2 Å². The normalized spacial score (nSPS) is 10.6. The van der Waals surface area contributed by atoms with Crippen LogP contribution < -0.4 is 4.74 Å². The van der Waals surface area contributed by atoms with Crippen LogP contribution >= 0.6 is 11.3 Å². The first-order chi connectivity index (χ1) is 16.1. The van der Waals surface area contributed by atoms with E-state index in [2.05, 4.69) is 0 Å². The Balaban J connectivity index is 1.77. The molecule has 0 aliphatic heterocycles. The highest BCUT2D eigenvalue weighted by atomic mass is 32.1. The summed E-state index contributed by atoms with van der Waals surface area (Å²) in [5, 5.41) is 2.00. The number of carbonyl (C=O) groups is 2. The quantitative estimate of drug-likeness (QED) is 0.370. The fourth-order valence-electron chi connectivity index (χ4n) is 3.46. The molecule has 6 nitrogen and oxygen atoms in total. The Labute approximate surface area is 199 Å². The Hall–Kier alpha value is -3.16. The molecule has 0 saturated heterocycles. The van der Waals surface area contributed by atoms with Crippen LogP contribution in [0.5, 0.6) is 5.75 Å². The van der Waals surface area contributed by atoms with E-state index in [-0.39, 0.29) is 18.4 Å². The van der Waals surface area contributed by atoms with E-state index in [1.54, 1.807) is 54.7 Å². The van der Waals surface area contributed by atoms with Crippen LogP contribution in [0.2, 0.25) is 0 Å². The molecule has 0 N–H and O–H groups in total. The van der Waals surface area contributed by atoms with Gasteiger partial charge in [0.1, 0.15) is 12.3 Å². The summed E-state index contributed by atoms with van der Waals surface area (Å²) >= 11 is 1.62. The van der Waals surface area contributed by atoms with Crippen molar-refractivity contribution in [2.24, 2.45) is 0 Å². The standard InChI is InChI=1S/C26H30N2O4S/c1-31-16-7-15-27(26(30)22-11-13-23(32-2)14-12-22)20-25(29)28(19-24-10-6-17-33-24)18-21-8-4-3-5-9-21/h3-6,8-14,17H,7,15-16,18-20H2,1-2H3. The molecule has 2 amide bonds. The van der Waals surface area contributed by atoms with Crippen LogP contribution in [0.4, 0.5) is 0 Å². The molecule has 0 radical (unpaired) electrons. The fraction of sp³-hybridized carbons (Fsp3) is 0.308. The van der Waals surface area contributed by atoms with Crippen LogP contribution in [0.3, 0.4) is 0 Å². The van der Waals surface area contributed by atoms with Gasteiger partial charge in [-0.15, -0.1) is 11.3 Å². The summed E-state index contributed by atoms with van der Waals surface area (Å²) in [6.45, 7) is 1.95. The highest BCUT2D eigenvalue weighted by molar-refractivity contribution is 7.09. The monoisotopic (exact) mass is 466 g/mol. The van der Waals surface area contributed by atoms with Crippen molar-refractivity contribution in [3.63, 3.8) is 0 Å². The third kappa shape index (κ3) is 7.44. The van der Waals surface area contributed by atoms with Crippen molar-refractivity contribution in [1.82, 2.24) is 9.80 Å². The topological polar surface area (TPSA) is 59.1 Å². The first kappa shape index (κ1) is 24.5. The molecule has 1 heterocycles. The molecule has 0 fully saturated rings. The average molecular weight is 467 g/mol. The summed E-state index contributed by atoms with van der Waals surface area (Å²) in [4.78, 5) is 31.2. The molecule has 0 aliphatic carbocycles. The van der Waals surface area contributed by atoms with Gasteiger partial charge >= 0.3 is 0 Å². The Morgan fingerprint density at radius 2 is 1.64 bits per heavy atom. The van der Waals surface area contributed by atoms with Gasteiger partial charge in [-0.2, -0.15) is 0 Å². The van der Waals surface area contributed by atoms with Gasteiger partial charge in [-0.25, -0.2) is 0 Å². The second-order valence-electron chi connectivity index (χ2n) is 7.62. The lowest BCUT2D eigenvalue weighted by Crippen LogP contribution is -2.43. The van der Waals surface area contributed by atoms with E-state index in [1.165, 1.54) is 0 Å². The summed E-state index contributed by atoms with van der Waals surface area (Å²) in [7, 11) is 3.21. The summed E-state index contributed by atoms with van der Waals surface area (Å²) < 4.78 is 10.4. The molecular weight excluding hydrogens is 436 g/mol. The molecule has 0 spiro atoms. The largest absolute Gasteiger partial charge is 0.497 e. The third-order valence-corrected chi connectivity index (χ3v) is 6.08. The fourth-order valence-corrected chi connectivity index (χ4v) is 4.18. The zero-order valence-electron chi connectivity index (χ0n) is 19.1. The maximum atomic E-state index is 13.4. The lowest BCUT2D eigenvalue weighted by Gasteiger charge is -2.28. The smallest absolute Gasteiger partial charge is 0.254 e. The van der Waals surface area contributed by atoms with Crippen molar-refractivity contribution in [3.05, 3.63) is 88.1 Å². The number of carbonyl (C=O) groups excluding carboxylic acids is 2. The highest BCUT2D eigenvalue weighted by Crippen LogP contribution is 2.17. The SMILES string of the molecule is COCCCN(CC(=O)N(Cc1ccccc1)Cc1cccs1)C(=O)c1ccc(OC)cc1. The van der Waals surface area contributed by atoms with Crippen molar-refractivity contribution in [2.45, 2.75) is 19.5 Å². The van der Waals surface area contributed by atoms with Gasteiger partial charge in [0.15, 0.2) is 0 Å². The maximum absolute atomic E-state index is 13.4. The molecule has 174 valence electrons. The van der Waals surface area contributed by atoms with Gasteiger partial charge in [0.05, 0.1) is 13.7 Å². The minimum Gasteiger partial charge on any atom is -0.497 e. The number of hydrogen-bond donors (Lipinski definition) is 0. The number of thiophene rings is 1. The van der Waals surface area contributed by atoms with Crippen molar-refractivity contribution in [2.75, 3.05) is 33.9 Å². The molecule has 0 saturated carbocycles. The first-order valence-electron chi connectivity index (χ1n) is 10.9. The van der Waals surface area contributed by atoms with Gasteiger partial charge < -0.3 is 19.3 Å². The molecule has 33 heavy (non-hydrogen) atoms. The van der Waals surface area contributed by atoms with Crippen LogP contribution in [-0.2, 0) is 22.6 Å². The van der Waals surface area contributed by atoms with E-state index in [4.69, 9.17) is 9.47 Å². The van der Waals surface area contributed by atoms with Crippen LogP contribution in [-0.4, -0.2) is 55.5 Å². The van der Waals surface area contributed by atoms with Gasteiger partial charge in [0.25, 0.3) is 5.91 Å². The minimum atomic E-state index is -0.183. The molecular formula is C26H30N2O4S. The van der Waals surface area contributed by atoms with Crippen molar-refractivity contribution in [3.8, 4) is 5.75 Å². The molecule has 0 atom stereocenters. The zero-order valence-corrected chi connectivity index (χ0v) is 19.9. The summed E-state index contributed by atoms with van der Waals surface area (Å²) in [6.07, 6.45) is 0.648. The Morgan fingerprint density at radius 1 is 0.879 bits per heavy atom. The van der Waals surface area contributed by atoms with E-state index < -0.39 is 0 Å². The first-order valence-corrected chi connectivity index (χ1v) is 11.7. The lowest BCUT2D eigenvalue weighted by atomic mass is 10.1. The van der Waals surface area contributed by atoms with Crippen molar-refractivity contribution < 1.29 is 19.1 Å². The molecule has 0 unspecified atom stereocenters. The zero-order chi connectivity index (χ0) is 23.5. The van der Waals surface area contributed by atoms with Crippen LogP contribution in [0.25, 0.3) is 0 Å². The number of rotatable bonds is 12. The van der Waals surface area contributed by atoms with E-state index in [9.17, 15) is 9.59 Å². The minimum absolute atomic E-state index is 0.00673. The van der Waals surface area contributed by atoms with E-state index in [0.29, 0.717) is 44.0 Å². The Morgan fingerprint density at radius 3 is 2.27 bits per heavy atom. The lowest BCUT2D eigenvalue weighted by molar-refractivity contribution is -0.133. The number of hydrogen-bond acceptors (Lipinski definition) is 5. The maximum Gasteiger partial charge on any atom is 0.254 e. The van der Waals surface area contributed by atoms with Gasteiger partial charge in [0.2, 0.25) is 5.91 Å². The van der Waals surface area contributed by atoms with Gasteiger partial charge in [-0.1, -0.05) is 36.4 Å². The number of amides is 2. The molecule has 0 bridgehead atoms. The van der Waals surface area contributed by atoms with Crippen molar-refractivity contribution >= 4 is 23.2 Å². The van der Waals surface area contributed by atoms with Crippen LogP contribution in [0.1, 0.15) is 27.2 Å². The number of nitrogens with zero attached hydrogens (tertiary/aromatic N) is 2. The summed E-state index contributed by atoms with van der Waals surface area (Å²) in [5.41, 5.74) is 1.57. The van der Waals surface area contributed by atoms with Crippen molar-refractivity contribution in [1.29, 1.82) is 0 Å². The van der Waals surface area contributed by atoms with E-state index >= 15 is 0 Å². The summed E-state index contributed by atoms with van der Waals surface area (Å²) in [5.74, 6) is 0.406. The predicted octanol–water partition coefficient (Wildman–Crippen LogP) is 4.46. The van der Waals surface area contributed by atoms with Crippen LogP contribution in [0.15, 0.2) is 72.1 Å². The Bertz CT molecular complexity index is 991. The predicted molar refractivity (Wildman–Crippen MR) is 130 cm³/mol. The number of methoxy groups -OCH3 is 2.